The van der Waals surface area contributed by atoms with Crippen LogP contribution in [-0.2, 0) is 4.79 Å². The predicted molar refractivity (Wildman–Crippen MR) is 67.7 cm³/mol. The molecule has 0 saturated heterocycles. The Labute approximate surface area is 100 Å². The Morgan fingerprint density at radius 1 is 1.62 bits per heavy atom. The topological polar surface area (TPSA) is 54.0 Å². The van der Waals surface area contributed by atoms with Gasteiger partial charge < -0.3 is 10.6 Å². The van der Waals surface area contributed by atoms with Crippen molar-refractivity contribution in [2.45, 2.75) is 39.2 Å². The lowest BCUT2D eigenvalue weighted by Gasteiger charge is -2.05. The molecule has 0 aliphatic carbocycles. The van der Waals surface area contributed by atoms with Crippen LogP contribution in [0, 0.1) is 0 Å². The molecular formula is C11H19N3OS. The highest BCUT2D eigenvalue weighted by atomic mass is 32.1. The third kappa shape index (κ3) is 3.90. The lowest BCUT2D eigenvalue weighted by molar-refractivity contribution is -0.116. The van der Waals surface area contributed by atoms with E-state index in [0.29, 0.717) is 11.6 Å². The molecule has 2 N–H and O–H groups in total. The average molecular weight is 241 g/mol. The maximum atomic E-state index is 11.5. The first-order chi connectivity index (χ1) is 7.67. The van der Waals surface area contributed by atoms with Crippen LogP contribution in [0.25, 0.3) is 0 Å². The molecule has 0 spiro atoms. The molecule has 0 fully saturated rings. The molecule has 5 heteroatoms. The molecule has 1 unspecified atom stereocenters. The van der Waals surface area contributed by atoms with E-state index >= 15 is 0 Å². The summed E-state index contributed by atoms with van der Waals surface area (Å²) in [6, 6.07) is 0.220. The van der Waals surface area contributed by atoms with E-state index in [9.17, 15) is 4.79 Å². The van der Waals surface area contributed by atoms with Crippen molar-refractivity contribution in [1.29, 1.82) is 0 Å². The van der Waals surface area contributed by atoms with E-state index in [1.54, 1.807) is 0 Å². The number of aromatic nitrogens is 1. The summed E-state index contributed by atoms with van der Waals surface area (Å²) < 4.78 is 0. The molecule has 4 nitrogen and oxygen atoms in total. The molecular weight excluding hydrogens is 222 g/mol. The number of hydrogen-bond acceptors (Lipinski definition) is 4. The Bertz CT molecular complexity index is 338. The molecule has 1 amide bonds. The van der Waals surface area contributed by atoms with Crippen LogP contribution in [0.2, 0.25) is 0 Å². The molecule has 0 aliphatic rings. The number of nitrogens with one attached hydrogen (secondary N) is 2. The van der Waals surface area contributed by atoms with Crippen molar-refractivity contribution in [3.63, 3.8) is 0 Å². The van der Waals surface area contributed by atoms with Crippen molar-refractivity contribution < 1.29 is 4.79 Å². The Morgan fingerprint density at radius 3 is 3.00 bits per heavy atom. The van der Waals surface area contributed by atoms with E-state index in [0.717, 1.165) is 18.5 Å². The van der Waals surface area contributed by atoms with Crippen molar-refractivity contribution in [2.24, 2.45) is 0 Å². The van der Waals surface area contributed by atoms with Crippen LogP contribution in [0.5, 0.6) is 0 Å². The Balaban J connectivity index is 2.48. The van der Waals surface area contributed by atoms with Gasteiger partial charge in [-0.1, -0.05) is 13.3 Å². The molecule has 0 aliphatic heterocycles. The number of unbranched alkanes of at least 4 members (excludes halogenated alkanes) is 1. The highest BCUT2D eigenvalue weighted by Crippen LogP contribution is 2.20. The standard InChI is InChI=1S/C11H19N3OS/c1-4-5-6-10(15)14-11-13-9(7-16-11)8(2)12-3/h7-8,12H,4-6H2,1-3H3,(H,13,14,15). The first kappa shape index (κ1) is 13.1. The average Bonchev–Trinajstić information content (AvgIpc) is 2.73. The quantitative estimate of drug-likeness (QED) is 0.804. The van der Waals surface area contributed by atoms with Crippen molar-refractivity contribution >= 4 is 22.4 Å². The number of nitrogens with zero attached hydrogens (tertiary/aromatic N) is 1. The van der Waals surface area contributed by atoms with Crippen molar-refractivity contribution in [2.75, 3.05) is 12.4 Å². The van der Waals surface area contributed by atoms with Gasteiger partial charge in [0, 0.05) is 17.8 Å². The molecule has 1 aromatic heterocycles. The lowest BCUT2D eigenvalue weighted by Crippen LogP contribution is -2.14. The fourth-order valence-corrected chi connectivity index (χ4v) is 2.03. The minimum absolute atomic E-state index is 0.0554. The van der Waals surface area contributed by atoms with Crippen molar-refractivity contribution in [1.82, 2.24) is 10.3 Å². The van der Waals surface area contributed by atoms with Crippen LogP contribution in [0.4, 0.5) is 5.13 Å². The van der Waals surface area contributed by atoms with Gasteiger partial charge >= 0.3 is 0 Å². The minimum Gasteiger partial charge on any atom is -0.312 e. The largest absolute Gasteiger partial charge is 0.312 e. The van der Waals surface area contributed by atoms with Gasteiger partial charge in [0.15, 0.2) is 5.13 Å². The van der Waals surface area contributed by atoms with Gasteiger partial charge in [-0.05, 0) is 20.4 Å². The number of anilines is 1. The first-order valence-electron chi connectivity index (χ1n) is 5.60. The number of amides is 1. The summed E-state index contributed by atoms with van der Waals surface area (Å²) in [5.74, 6) is 0.0554. The van der Waals surface area contributed by atoms with Gasteiger partial charge in [0.1, 0.15) is 0 Å². The van der Waals surface area contributed by atoms with Gasteiger partial charge in [-0.15, -0.1) is 11.3 Å². The van der Waals surface area contributed by atoms with E-state index in [4.69, 9.17) is 0 Å². The summed E-state index contributed by atoms with van der Waals surface area (Å²) in [4.78, 5) is 15.8. The number of carbonyl (C=O) groups is 1. The van der Waals surface area contributed by atoms with E-state index in [2.05, 4.69) is 22.5 Å². The number of carbonyl (C=O) groups excluding carboxylic acids is 1. The summed E-state index contributed by atoms with van der Waals surface area (Å²) in [6.45, 7) is 4.11. The summed E-state index contributed by atoms with van der Waals surface area (Å²) >= 11 is 1.47. The Morgan fingerprint density at radius 2 is 2.38 bits per heavy atom. The fourth-order valence-electron chi connectivity index (χ4n) is 1.21. The molecule has 1 atom stereocenters. The van der Waals surface area contributed by atoms with E-state index in [1.807, 2.05) is 19.4 Å². The molecule has 1 rings (SSSR count). The van der Waals surface area contributed by atoms with Gasteiger partial charge in [0.05, 0.1) is 5.69 Å². The third-order valence-electron chi connectivity index (χ3n) is 2.40. The third-order valence-corrected chi connectivity index (χ3v) is 3.18. The summed E-state index contributed by atoms with van der Waals surface area (Å²) in [5, 5.41) is 8.59. The second kappa shape index (κ2) is 6.60. The molecule has 0 saturated carbocycles. The van der Waals surface area contributed by atoms with Crippen molar-refractivity contribution in [3.8, 4) is 0 Å². The zero-order chi connectivity index (χ0) is 12.0. The summed E-state index contributed by atoms with van der Waals surface area (Å²) in [6.07, 6.45) is 2.54. The van der Waals surface area contributed by atoms with Crippen LogP contribution in [-0.4, -0.2) is 17.9 Å². The van der Waals surface area contributed by atoms with Crippen LogP contribution < -0.4 is 10.6 Å². The SMILES string of the molecule is CCCCC(=O)Nc1nc(C(C)NC)cs1. The van der Waals surface area contributed by atoms with Gasteiger partial charge in [-0.2, -0.15) is 0 Å². The monoisotopic (exact) mass is 241 g/mol. The molecule has 0 aromatic carbocycles. The van der Waals surface area contributed by atoms with E-state index in [1.165, 1.54) is 11.3 Å². The van der Waals surface area contributed by atoms with Crippen molar-refractivity contribution in [3.05, 3.63) is 11.1 Å². The fraction of sp³-hybridized carbons (Fsp3) is 0.636. The van der Waals surface area contributed by atoms with E-state index in [-0.39, 0.29) is 11.9 Å². The second-order valence-electron chi connectivity index (χ2n) is 3.74. The van der Waals surface area contributed by atoms with Crippen LogP contribution in [0.3, 0.4) is 0 Å². The predicted octanol–water partition coefficient (Wildman–Crippen LogP) is 2.55. The molecule has 1 heterocycles. The van der Waals surface area contributed by atoms with Gasteiger partial charge in [-0.3, -0.25) is 4.79 Å². The maximum absolute atomic E-state index is 11.5. The second-order valence-corrected chi connectivity index (χ2v) is 4.60. The first-order valence-corrected chi connectivity index (χ1v) is 6.47. The number of hydrogen-bond donors (Lipinski definition) is 2. The zero-order valence-corrected chi connectivity index (χ0v) is 10.9. The minimum atomic E-state index is 0.0554. The molecule has 0 bridgehead atoms. The van der Waals surface area contributed by atoms with Crippen LogP contribution in [0.15, 0.2) is 5.38 Å². The van der Waals surface area contributed by atoms with Crippen LogP contribution >= 0.6 is 11.3 Å². The molecule has 90 valence electrons. The number of thiazole rings is 1. The van der Waals surface area contributed by atoms with Gasteiger partial charge in [0.2, 0.25) is 5.91 Å². The zero-order valence-electron chi connectivity index (χ0n) is 10.0. The molecule has 1 aromatic rings. The summed E-state index contributed by atoms with van der Waals surface area (Å²) in [5.41, 5.74) is 0.971. The highest BCUT2D eigenvalue weighted by Gasteiger charge is 2.09. The Hall–Kier alpha value is -0.940. The smallest absolute Gasteiger partial charge is 0.226 e. The Kier molecular flexibility index (Phi) is 5.42. The van der Waals surface area contributed by atoms with E-state index < -0.39 is 0 Å². The lowest BCUT2D eigenvalue weighted by atomic mass is 10.2. The summed E-state index contributed by atoms with van der Waals surface area (Å²) in [7, 11) is 1.89. The van der Waals surface area contributed by atoms with Gasteiger partial charge in [-0.25, -0.2) is 4.98 Å². The number of rotatable bonds is 6. The normalized spacial score (nSPS) is 12.4. The molecule has 16 heavy (non-hydrogen) atoms. The van der Waals surface area contributed by atoms with Crippen LogP contribution in [0.1, 0.15) is 44.8 Å². The maximum Gasteiger partial charge on any atom is 0.226 e. The molecule has 0 radical (unpaired) electrons. The highest BCUT2D eigenvalue weighted by molar-refractivity contribution is 7.13. The van der Waals surface area contributed by atoms with Gasteiger partial charge in [0.25, 0.3) is 0 Å².